The van der Waals surface area contributed by atoms with Crippen molar-refractivity contribution in [3.05, 3.63) is 24.2 Å². The van der Waals surface area contributed by atoms with Crippen LogP contribution in [-0.4, -0.2) is 5.78 Å². The van der Waals surface area contributed by atoms with Gasteiger partial charge in [0.25, 0.3) is 0 Å². The van der Waals surface area contributed by atoms with Gasteiger partial charge in [-0.05, 0) is 24.5 Å². The first kappa shape index (κ1) is 7.59. The van der Waals surface area contributed by atoms with Crippen LogP contribution in [0.4, 0.5) is 0 Å². The van der Waals surface area contributed by atoms with Crippen LogP contribution in [0.5, 0.6) is 0 Å². The highest BCUT2D eigenvalue weighted by atomic mass is 16.3. The predicted molar refractivity (Wildman–Crippen MR) is 44.8 cm³/mol. The van der Waals surface area contributed by atoms with Gasteiger partial charge in [0.1, 0.15) is 5.78 Å². The van der Waals surface area contributed by atoms with Gasteiger partial charge in [0.15, 0.2) is 0 Å². The Morgan fingerprint density at radius 1 is 1.58 bits per heavy atom. The van der Waals surface area contributed by atoms with E-state index in [1.54, 1.807) is 12.5 Å². The van der Waals surface area contributed by atoms with Crippen LogP contribution < -0.4 is 0 Å². The molecule has 1 saturated carbocycles. The maximum atomic E-state index is 11.5. The molecule has 1 aromatic heterocycles. The zero-order valence-corrected chi connectivity index (χ0v) is 6.95. The van der Waals surface area contributed by atoms with E-state index in [9.17, 15) is 4.79 Å². The quantitative estimate of drug-likeness (QED) is 0.685. The van der Waals surface area contributed by atoms with Gasteiger partial charge < -0.3 is 4.42 Å². The van der Waals surface area contributed by atoms with Crippen molar-refractivity contribution in [1.82, 2.24) is 0 Å². The van der Waals surface area contributed by atoms with E-state index < -0.39 is 0 Å². The van der Waals surface area contributed by atoms with Gasteiger partial charge in [-0.1, -0.05) is 6.42 Å². The lowest BCUT2D eigenvalue weighted by Crippen LogP contribution is -2.23. The lowest BCUT2D eigenvalue weighted by atomic mass is 9.80. The third-order valence-corrected chi connectivity index (χ3v) is 2.52. The summed E-state index contributed by atoms with van der Waals surface area (Å²) in [5, 5.41) is 0. The van der Waals surface area contributed by atoms with Crippen LogP contribution in [0.3, 0.4) is 0 Å². The minimum atomic E-state index is 0.347. The Kier molecular flexibility index (Phi) is 1.98. The van der Waals surface area contributed by atoms with E-state index in [1.165, 1.54) is 6.42 Å². The molecule has 1 fully saturated rings. The van der Waals surface area contributed by atoms with Crippen LogP contribution in [0.15, 0.2) is 23.0 Å². The number of hydrogen-bond donors (Lipinski definition) is 0. The zero-order valence-electron chi connectivity index (χ0n) is 6.95. The summed E-state index contributed by atoms with van der Waals surface area (Å²) in [5.41, 5.74) is 1.01. The van der Waals surface area contributed by atoms with E-state index in [1.807, 2.05) is 6.07 Å². The third-order valence-electron chi connectivity index (χ3n) is 2.52. The van der Waals surface area contributed by atoms with Crippen molar-refractivity contribution >= 4 is 5.78 Å². The van der Waals surface area contributed by atoms with Crippen molar-refractivity contribution in [3.8, 4) is 0 Å². The molecule has 0 spiro atoms. The lowest BCUT2D eigenvalue weighted by molar-refractivity contribution is -0.124. The first-order valence-electron chi connectivity index (χ1n) is 4.40. The second-order valence-electron chi connectivity index (χ2n) is 3.40. The monoisotopic (exact) mass is 164 g/mol. The van der Waals surface area contributed by atoms with Gasteiger partial charge in [0.2, 0.25) is 0 Å². The third kappa shape index (κ3) is 1.42. The Hall–Kier alpha value is -1.05. The highest BCUT2D eigenvalue weighted by Crippen LogP contribution is 2.28. The topological polar surface area (TPSA) is 30.2 Å². The number of hydrogen-bond acceptors (Lipinski definition) is 2. The summed E-state index contributed by atoms with van der Waals surface area (Å²) in [4.78, 5) is 11.5. The fraction of sp³-hybridized carbons (Fsp3) is 0.500. The van der Waals surface area contributed by atoms with Gasteiger partial charge in [0, 0.05) is 12.3 Å². The standard InChI is InChI=1S/C10H12O2/c11-10(9-2-1-3-9)6-8-4-5-12-7-8/h4-5,7,9H,1-3,6H2. The minimum absolute atomic E-state index is 0.347. The summed E-state index contributed by atoms with van der Waals surface area (Å²) in [6.07, 6.45) is 7.23. The molecule has 1 aromatic rings. The summed E-state index contributed by atoms with van der Waals surface area (Å²) in [6.45, 7) is 0. The summed E-state index contributed by atoms with van der Waals surface area (Å²) < 4.78 is 4.89. The largest absolute Gasteiger partial charge is 0.472 e. The Labute approximate surface area is 71.6 Å². The summed E-state index contributed by atoms with van der Waals surface area (Å²) >= 11 is 0. The lowest BCUT2D eigenvalue weighted by Gasteiger charge is -2.23. The molecule has 1 aliphatic carbocycles. The highest BCUT2D eigenvalue weighted by molar-refractivity contribution is 5.83. The fourth-order valence-electron chi connectivity index (χ4n) is 1.47. The molecule has 1 aliphatic rings. The molecule has 0 radical (unpaired) electrons. The van der Waals surface area contributed by atoms with Crippen LogP contribution in [0, 0.1) is 5.92 Å². The Balaban J connectivity index is 1.90. The van der Waals surface area contributed by atoms with Crippen LogP contribution >= 0.6 is 0 Å². The SMILES string of the molecule is O=C(Cc1ccoc1)C1CCC1. The second kappa shape index (κ2) is 3.13. The van der Waals surface area contributed by atoms with Crippen molar-refractivity contribution in [1.29, 1.82) is 0 Å². The van der Waals surface area contributed by atoms with Crippen molar-refractivity contribution < 1.29 is 9.21 Å². The predicted octanol–water partition coefficient (Wildman–Crippen LogP) is 2.19. The molecule has 12 heavy (non-hydrogen) atoms. The molecule has 64 valence electrons. The van der Waals surface area contributed by atoms with Crippen molar-refractivity contribution in [2.24, 2.45) is 5.92 Å². The van der Waals surface area contributed by atoms with E-state index in [2.05, 4.69) is 0 Å². The highest BCUT2D eigenvalue weighted by Gasteiger charge is 2.24. The Bertz CT molecular complexity index is 257. The van der Waals surface area contributed by atoms with Gasteiger partial charge in [0.05, 0.1) is 12.5 Å². The molecule has 0 N–H and O–H groups in total. The van der Waals surface area contributed by atoms with Crippen molar-refractivity contribution in [3.63, 3.8) is 0 Å². The summed E-state index contributed by atoms with van der Waals surface area (Å²) in [5.74, 6) is 0.725. The molecular formula is C10H12O2. The van der Waals surface area contributed by atoms with E-state index >= 15 is 0 Å². The molecule has 0 atom stereocenters. The second-order valence-corrected chi connectivity index (χ2v) is 3.40. The number of furan rings is 1. The van der Waals surface area contributed by atoms with Crippen molar-refractivity contribution in [2.45, 2.75) is 25.7 Å². The average molecular weight is 164 g/mol. The normalized spacial score (nSPS) is 17.3. The van der Waals surface area contributed by atoms with E-state index in [-0.39, 0.29) is 0 Å². The smallest absolute Gasteiger partial charge is 0.140 e. The first-order chi connectivity index (χ1) is 5.86. The molecule has 0 aromatic carbocycles. The van der Waals surface area contributed by atoms with Gasteiger partial charge in [-0.25, -0.2) is 0 Å². The average Bonchev–Trinajstić information content (AvgIpc) is 2.34. The minimum Gasteiger partial charge on any atom is -0.472 e. The molecule has 2 heteroatoms. The Morgan fingerprint density at radius 2 is 2.42 bits per heavy atom. The molecule has 2 nitrogen and oxygen atoms in total. The number of Topliss-reactive ketones (excluding diaryl/α,β-unsaturated/α-hetero) is 1. The number of rotatable bonds is 3. The molecule has 0 saturated heterocycles. The maximum Gasteiger partial charge on any atom is 0.140 e. The molecule has 2 rings (SSSR count). The van der Waals surface area contributed by atoms with Crippen molar-refractivity contribution in [2.75, 3.05) is 0 Å². The summed E-state index contributed by atoms with van der Waals surface area (Å²) in [6, 6.07) is 1.86. The number of ketones is 1. The maximum absolute atomic E-state index is 11.5. The van der Waals surface area contributed by atoms with Gasteiger partial charge in [-0.2, -0.15) is 0 Å². The Morgan fingerprint density at radius 3 is 2.92 bits per heavy atom. The molecule has 0 unspecified atom stereocenters. The van der Waals surface area contributed by atoms with E-state index in [4.69, 9.17) is 4.42 Å². The van der Waals surface area contributed by atoms with Gasteiger partial charge in [-0.15, -0.1) is 0 Å². The molecular weight excluding hydrogens is 152 g/mol. The van der Waals surface area contributed by atoms with Crippen LogP contribution in [0.25, 0.3) is 0 Å². The number of carbonyl (C=O) groups excluding carboxylic acids is 1. The molecule has 0 amide bonds. The zero-order chi connectivity index (χ0) is 8.39. The van der Waals surface area contributed by atoms with Gasteiger partial charge in [-0.3, -0.25) is 4.79 Å². The summed E-state index contributed by atoms with van der Waals surface area (Å²) in [7, 11) is 0. The molecule has 0 aliphatic heterocycles. The van der Waals surface area contributed by atoms with E-state index in [0.717, 1.165) is 18.4 Å². The van der Waals surface area contributed by atoms with Crippen LogP contribution in [-0.2, 0) is 11.2 Å². The molecule has 0 bridgehead atoms. The van der Waals surface area contributed by atoms with Gasteiger partial charge >= 0.3 is 0 Å². The fourth-order valence-corrected chi connectivity index (χ4v) is 1.47. The molecule has 1 heterocycles. The van der Waals surface area contributed by atoms with E-state index in [0.29, 0.717) is 18.1 Å². The number of carbonyl (C=O) groups is 1. The first-order valence-corrected chi connectivity index (χ1v) is 4.40. The van der Waals surface area contributed by atoms with Crippen LogP contribution in [0.2, 0.25) is 0 Å². The van der Waals surface area contributed by atoms with Crippen LogP contribution in [0.1, 0.15) is 24.8 Å².